The smallest absolute Gasteiger partial charge is 0.408 e. The number of aromatic nitrogens is 4. The quantitative estimate of drug-likeness (QED) is 0.203. The minimum atomic E-state index is -0.568. The zero-order valence-corrected chi connectivity index (χ0v) is 27.6. The fourth-order valence-electron chi connectivity index (χ4n) is 7.28. The summed E-state index contributed by atoms with van der Waals surface area (Å²) in [5, 5.41) is 3.17. The van der Waals surface area contributed by atoms with E-state index in [-0.39, 0.29) is 0 Å². The molecule has 2 saturated heterocycles. The highest BCUT2D eigenvalue weighted by molar-refractivity contribution is 5.85. The summed E-state index contributed by atoms with van der Waals surface area (Å²) in [6, 6.07) is 24.7. The molecule has 0 spiro atoms. The Hall–Kier alpha value is -4.96. The number of hydrogen-bond acceptors (Lipinski definition) is 8. The zero-order chi connectivity index (χ0) is 33.0. The molecule has 3 aliphatic rings. The fourth-order valence-corrected chi connectivity index (χ4v) is 7.28. The standard InChI is InChI=1S/C38H41N7O3/c1-37(2,3)48-36(46)43-38(18-6-19-38)25-10-12-26(13-11-25)45-34(30-9-5-20-40-33(30)39)42-32-17-16-31(41-35(32)45)24-7-4-8-27(21-24)44-22-28-14-15-29(23-44)47-28/h4-5,7-13,16-17,20-21,28-29H,6,14-15,18-19,22-23H2,1-3H3,(H2,39,40)(H,43,46). The summed E-state index contributed by atoms with van der Waals surface area (Å²) in [5.41, 5.74) is 12.6. The van der Waals surface area contributed by atoms with Gasteiger partial charge in [0.1, 0.15) is 16.9 Å². The summed E-state index contributed by atoms with van der Waals surface area (Å²) in [6.45, 7) is 7.46. The van der Waals surface area contributed by atoms with Crippen LogP contribution in [0.1, 0.15) is 58.4 Å². The summed E-state index contributed by atoms with van der Waals surface area (Å²) in [5.74, 6) is 1.06. The average molecular weight is 644 g/mol. The Balaban J connectivity index is 1.18. The first-order valence-electron chi connectivity index (χ1n) is 16.9. The SMILES string of the molecule is CC(C)(C)OC(=O)NC1(c2ccc(-n3c(-c4cccnc4N)nc4ccc(-c5cccc(N6CC7CCC(C6)O7)c5)nc43)cc2)CCC1. The maximum Gasteiger partial charge on any atom is 0.408 e. The monoisotopic (exact) mass is 643 g/mol. The molecule has 1 amide bonds. The molecule has 2 atom stereocenters. The normalized spacial score (nSPS) is 20.0. The number of rotatable bonds is 6. The van der Waals surface area contributed by atoms with Gasteiger partial charge in [-0.15, -0.1) is 0 Å². The highest BCUT2D eigenvalue weighted by Crippen LogP contribution is 2.42. The van der Waals surface area contributed by atoms with Crippen molar-refractivity contribution in [3.8, 4) is 28.3 Å². The van der Waals surface area contributed by atoms with Crippen LogP contribution in [0.4, 0.5) is 16.3 Å². The molecule has 10 nitrogen and oxygen atoms in total. The van der Waals surface area contributed by atoms with Crippen molar-refractivity contribution in [2.75, 3.05) is 23.7 Å². The number of morpholine rings is 1. The zero-order valence-electron chi connectivity index (χ0n) is 27.6. The predicted molar refractivity (Wildman–Crippen MR) is 187 cm³/mol. The minimum Gasteiger partial charge on any atom is -0.444 e. The van der Waals surface area contributed by atoms with Crippen LogP contribution >= 0.6 is 0 Å². The summed E-state index contributed by atoms with van der Waals surface area (Å²) in [4.78, 5) is 29.8. The van der Waals surface area contributed by atoms with Gasteiger partial charge in [-0.3, -0.25) is 4.57 Å². The number of nitrogens with one attached hydrogen (secondary N) is 1. The summed E-state index contributed by atoms with van der Waals surface area (Å²) >= 11 is 0. The van der Waals surface area contributed by atoms with Gasteiger partial charge in [-0.05, 0) is 107 Å². The second-order valence-electron chi connectivity index (χ2n) is 14.3. The number of anilines is 2. The number of carbonyl (C=O) groups excluding carboxylic acids is 1. The van der Waals surface area contributed by atoms with Gasteiger partial charge < -0.3 is 25.4 Å². The maximum absolute atomic E-state index is 12.8. The molecule has 10 heteroatoms. The number of nitrogen functional groups attached to an aromatic ring is 1. The lowest BCUT2D eigenvalue weighted by Gasteiger charge is -2.43. The summed E-state index contributed by atoms with van der Waals surface area (Å²) in [7, 11) is 0. The minimum absolute atomic E-state index is 0.313. The molecular formula is C38H41N7O3. The Kier molecular flexibility index (Phi) is 7.36. The van der Waals surface area contributed by atoms with E-state index in [1.54, 1.807) is 6.20 Å². The number of fused-ring (bicyclic) bond motifs is 3. The van der Waals surface area contributed by atoms with E-state index in [9.17, 15) is 4.79 Å². The first-order valence-corrected chi connectivity index (χ1v) is 16.9. The molecule has 5 aromatic rings. The lowest BCUT2D eigenvalue weighted by atomic mass is 9.72. The Morgan fingerprint density at radius 2 is 1.73 bits per heavy atom. The number of amides is 1. The Labute approximate surface area is 280 Å². The van der Waals surface area contributed by atoms with Crippen LogP contribution in [-0.4, -0.2) is 56.5 Å². The van der Waals surface area contributed by atoms with Crippen LogP contribution in [0.25, 0.3) is 39.5 Å². The van der Waals surface area contributed by atoms with Crippen LogP contribution in [0.15, 0.2) is 79.0 Å². The molecule has 3 aromatic heterocycles. The molecule has 8 rings (SSSR count). The van der Waals surface area contributed by atoms with Crippen molar-refractivity contribution in [3.05, 3.63) is 84.6 Å². The average Bonchev–Trinajstić information content (AvgIpc) is 3.60. The van der Waals surface area contributed by atoms with Gasteiger partial charge in [0.15, 0.2) is 11.5 Å². The van der Waals surface area contributed by atoms with Gasteiger partial charge in [0.25, 0.3) is 0 Å². The predicted octanol–water partition coefficient (Wildman–Crippen LogP) is 7.00. The third-order valence-corrected chi connectivity index (χ3v) is 9.76. The van der Waals surface area contributed by atoms with Gasteiger partial charge >= 0.3 is 6.09 Å². The largest absolute Gasteiger partial charge is 0.444 e. The first kappa shape index (κ1) is 30.4. The Bertz CT molecular complexity index is 1980. The van der Waals surface area contributed by atoms with E-state index in [1.165, 1.54) is 5.69 Å². The highest BCUT2D eigenvalue weighted by Gasteiger charge is 2.41. The molecule has 0 radical (unpaired) electrons. The molecule has 1 saturated carbocycles. The van der Waals surface area contributed by atoms with Gasteiger partial charge in [-0.1, -0.05) is 24.3 Å². The van der Waals surface area contributed by atoms with E-state index in [0.29, 0.717) is 23.9 Å². The number of nitrogens with two attached hydrogens (primary N) is 1. The first-order chi connectivity index (χ1) is 23.1. The van der Waals surface area contributed by atoms with Crippen LogP contribution in [0.5, 0.6) is 0 Å². The second-order valence-corrected chi connectivity index (χ2v) is 14.3. The topological polar surface area (TPSA) is 120 Å². The van der Waals surface area contributed by atoms with E-state index in [0.717, 1.165) is 84.4 Å². The number of imidazole rings is 1. The lowest BCUT2D eigenvalue weighted by molar-refractivity contribution is 0.0304. The Morgan fingerprint density at radius 1 is 0.958 bits per heavy atom. The van der Waals surface area contributed by atoms with Crippen LogP contribution in [0.3, 0.4) is 0 Å². The third-order valence-electron chi connectivity index (χ3n) is 9.76. The van der Waals surface area contributed by atoms with E-state index in [4.69, 9.17) is 25.2 Å². The third kappa shape index (κ3) is 5.64. The van der Waals surface area contributed by atoms with Gasteiger partial charge in [0.2, 0.25) is 0 Å². The van der Waals surface area contributed by atoms with Crippen LogP contribution in [-0.2, 0) is 15.0 Å². The molecule has 2 bridgehead atoms. The summed E-state index contributed by atoms with van der Waals surface area (Å²) in [6.07, 6.45) is 6.92. The number of nitrogens with zero attached hydrogens (tertiary/aromatic N) is 5. The molecule has 2 aromatic carbocycles. The molecule has 2 unspecified atom stereocenters. The molecule has 3 N–H and O–H groups in total. The van der Waals surface area contributed by atoms with Gasteiger partial charge in [-0.2, -0.15) is 0 Å². The van der Waals surface area contributed by atoms with Crippen molar-refractivity contribution >= 4 is 28.8 Å². The van der Waals surface area contributed by atoms with E-state index >= 15 is 0 Å². The number of benzene rings is 2. The van der Waals surface area contributed by atoms with Crippen molar-refractivity contribution in [3.63, 3.8) is 0 Å². The van der Waals surface area contributed by atoms with Crippen molar-refractivity contribution in [1.29, 1.82) is 0 Å². The molecule has 48 heavy (non-hydrogen) atoms. The van der Waals surface area contributed by atoms with Crippen molar-refractivity contribution in [2.45, 2.75) is 76.2 Å². The number of hydrogen-bond donors (Lipinski definition) is 2. The molecule has 246 valence electrons. The molecule has 2 aliphatic heterocycles. The lowest BCUT2D eigenvalue weighted by Crippen LogP contribution is -2.52. The van der Waals surface area contributed by atoms with Gasteiger partial charge in [0.05, 0.1) is 29.0 Å². The van der Waals surface area contributed by atoms with Crippen molar-refractivity contribution < 1.29 is 14.3 Å². The van der Waals surface area contributed by atoms with Crippen LogP contribution in [0, 0.1) is 0 Å². The Morgan fingerprint density at radius 3 is 2.42 bits per heavy atom. The van der Waals surface area contributed by atoms with Gasteiger partial charge in [0, 0.05) is 36.2 Å². The molecule has 1 aliphatic carbocycles. The van der Waals surface area contributed by atoms with Crippen LogP contribution in [0.2, 0.25) is 0 Å². The van der Waals surface area contributed by atoms with E-state index < -0.39 is 17.2 Å². The van der Waals surface area contributed by atoms with Gasteiger partial charge in [-0.25, -0.2) is 19.7 Å². The number of pyridine rings is 2. The van der Waals surface area contributed by atoms with E-state index in [2.05, 4.69) is 63.7 Å². The second kappa shape index (κ2) is 11.6. The molecule has 5 heterocycles. The number of alkyl carbamates (subject to hydrolysis) is 1. The number of ether oxygens (including phenoxy) is 2. The van der Waals surface area contributed by atoms with E-state index in [1.807, 2.05) is 49.6 Å². The maximum atomic E-state index is 12.8. The van der Waals surface area contributed by atoms with Crippen LogP contribution < -0.4 is 16.0 Å². The summed E-state index contributed by atoms with van der Waals surface area (Å²) < 4.78 is 13.7. The van der Waals surface area contributed by atoms with Crippen molar-refractivity contribution in [2.24, 2.45) is 0 Å². The molecule has 3 fully saturated rings. The number of carbonyl (C=O) groups is 1. The highest BCUT2D eigenvalue weighted by atomic mass is 16.6. The fraction of sp³-hybridized carbons (Fsp3) is 0.368. The molecular weight excluding hydrogens is 602 g/mol. The van der Waals surface area contributed by atoms with Crippen molar-refractivity contribution in [1.82, 2.24) is 24.8 Å².